The van der Waals surface area contributed by atoms with Gasteiger partial charge in [0.15, 0.2) is 0 Å². The van der Waals surface area contributed by atoms with Crippen LogP contribution >= 0.6 is 0 Å². The molecule has 0 atom stereocenters. The molecule has 2 rings (SSSR count). The molecule has 116 valence electrons. The third-order valence-corrected chi connectivity index (χ3v) is 3.71. The standard InChI is InChI=1S/C17H24FNO2/c1-17(2,3)21-16(20)12-19-10-8-13(9-11-19)14-6-4-5-7-15(14)18/h4-7,13H,8-12H2,1-3H3. The molecular weight excluding hydrogens is 269 g/mol. The molecule has 21 heavy (non-hydrogen) atoms. The first-order chi connectivity index (χ1) is 9.85. The molecule has 0 spiro atoms. The molecule has 0 unspecified atom stereocenters. The Labute approximate surface area is 126 Å². The van der Waals surface area contributed by atoms with E-state index in [-0.39, 0.29) is 17.7 Å². The first-order valence-electron chi connectivity index (χ1n) is 7.54. The van der Waals surface area contributed by atoms with Crippen LogP contribution in [0.25, 0.3) is 0 Å². The van der Waals surface area contributed by atoms with Crippen LogP contribution in [0.3, 0.4) is 0 Å². The van der Waals surface area contributed by atoms with E-state index in [9.17, 15) is 9.18 Å². The molecule has 1 heterocycles. The Morgan fingerprint density at radius 1 is 1.29 bits per heavy atom. The van der Waals surface area contributed by atoms with E-state index in [1.54, 1.807) is 6.07 Å². The third kappa shape index (κ3) is 4.81. The highest BCUT2D eigenvalue weighted by Crippen LogP contribution is 2.29. The number of likely N-dealkylation sites (tertiary alicyclic amines) is 1. The lowest BCUT2D eigenvalue weighted by atomic mass is 9.89. The number of carbonyl (C=O) groups is 1. The normalized spacial score (nSPS) is 17.7. The van der Waals surface area contributed by atoms with E-state index < -0.39 is 5.60 Å². The Kier molecular flexibility index (Phi) is 4.99. The lowest BCUT2D eigenvalue weighted by molar-refractivity contribution is -0.156. The average molecular weight is 293 g/mol. The summed E-state index contributed by atoms with van der Waals surface area (Å²) in [6.45, 7) is 7.54. The Morgan fingerprint density at radius 3 is 2.48 bits per heavy atom. The van der Waals surface area contributed by atoms with Gasteiger partial charge in [-0.05, 0) is 64.3 Å². The van der Waals surface area contributed by atoms with Crippen molar-refractivity contribution in [1.82, 2.24) is 4.90 Å². The van der Waals surface area contributed by atoms with Gasteiger partial charge in [-0.2, -0.15) is 0 Å². The zero-order valence-corrected chi connectivity index (χ0v) is 13.1. The van der Waals surface area contributed by atoms with Gasteiger partial charge in [0.05, 0.1) is 6.54 Å². The molecule has 1 fully saturated rings. The zero-order valence-electron chi connectivity index (χ0n) is 13.1. The molecule has 0 aromatic heterocycles. The summed E-state index contributed by atoms with van der Waals surface area (Å²) < 4.78 is 19.1. The van der Waals surface area contributed by atoms with Crippen LogP contribution in [0.5, 0.6) is 0 Å². The second kappa shape index (κ2) is 6.56. The van der Waals surface area contributed by atoms with E-state index in [4.69, 9.17) is 4.74 Å². The molecule has 0 radical (unpaired) electrons. The summed E-state index contributed by atoms with van der Waals surface area (Å²) in [5.74, 6) is -0.0592. The van der Waals surface area contributed by atoms with Crippen molar-refractivity contribution in [3.63, 3.8) is 0 Å². The molecule has 0 N–H and O–H groups in total. The van der Waals surface area contributed by atoms with Crippen LogP contribution in [0.1, 0.15) is 45.1 Å². The molecular formula is C17H24FNO2. The molecule has 1 aliphatic rings. The average Bonchev–Trinajstić information content (AvgIpc) is 2.38. The number of piperidine rings is 1. The van der Waals surface area contributed by atoms with E-state index in [1.165, 1.54) is 6.07 Å². The van der Waals surface area contributed by atoms with E-state index in [1.807, 2.05) is 32.9 Å². The van der Waals surface area contributed by atoms with Gasteiger partial charge in [0.2, 0.25) is 0 Å². The van der Waals surface area contributed by atoms with Gasteiger partial charge < -0.3 is 4.74 Å². The second-order valence-corrected chi connectivity index (χ2v) is 6.66. The van der Waals surface area contributed by atoms with Gasteiger partial charge in [-0.25, -0.2) is 4.39 Å². The predicted octanol–water partition coefficient (Wildman–Crippen LogP) is 3.35. The van der Waals surface area contributed by atoms with Crippen molar-refractivity contribution in [2.75, 3.05) is 19.6 Å². The summed E-state index contributed by atoms with van der Waals surface area (Å²) in [6, 6.07) is 6.98. The monoisotopic (exact) mass is 293 g/mol. The molecule has 0 amide bonds. The SMILES string of the molecule is CC(C)(C)OC(=O)CN1CCC(c2ccccc2F)CC1. The first kappa shape index (κ1) is 16.0. The van der Waals surface area contributed by atoms with Crippen molar-refractivity contribution in [3.8, 4) is 0 Å². The van der Waals surface area contributed by atoms with Crippen LogP contribution in [-0.4, -0.2) is 36.1 Å². The predicted molar refractivity (Wildman–Crippen MR) is 80.7 cm³/mol. The third-order valence-electron chi connectivity index (χ3n) is 3.71. The Morgan fingerprint density at radius 2 is 1.90 bits per heavy atom. The minimum absolute atomic E-state index is 0.122. The molecule has 1 aliphatic heterocycles. The minimum atomic E-state index is -0.442. The highest BCUT2D eigenvalue weighted by molar-refractivity contribution is 5.72. The fourth-order valence-electron chi connectivity index (χ4n) is 2.76. The van der Waals surface area contributed by atoms with Gasteiger partial charge in [-0.15, -0.1) is 0 Å². The van der Waals surface area contributed by atoms with Gasteiger partial charge in [0.1, 0.15) is 11.4 Å². The summed E-state index contributed by atoms with van der Waals surface area (Å²) in [6.07, 6.45) is 1.76. The van der Waals surface area contributed by atoms with E-state index >= 15 is 0 Å². The smallest absolute Gasteiger partial charge is 0.320 e. The van der Waals surface area contributed by atoms with Crippen molar-refractivity contribution in [3.05, 3.63) is 35.6 Å². The highest BCUT2D eigenvalue weighted by atomic mass is 19.1. The summed E-state index contributed by atoms with van der Waals surface area (Å²) in [7, 11) is 0. The number of hydrogen-bond acceptors (Lipinski definition) is 3. The van der Waals surface area contributed by atoms with Gasteiger partial charge in [-0.1, -0.05) is 18.2 Å². The quantitative estimate of drug-likeness (QED) is 0.800. The number of hydrogen-bond donors (Lipinski definition) is 0. The number of esters is 1. The molecule has 0 saturated carbocycles. The van der Waals surface area contributed by atoms with Crippen LogP contribution in [0, 0.1) is 5.82 Å². The fourth-order valence-corrected chi connectivity index (χ4v) is 2.76. The maximum absolute atomic E-state index is 13.8. The topological polar surface area (TPSA) is 29.5 Å². The molecule has 4 heteroatoms. The summed E-state index contributed by atoms with van der Waals surface area (Å²) >= 11 is 0. The molecule has 1 aromatic rings. The number of nitrogens with zero attached hydrogens (tertiary/aromatic N) is 1. The fraction of sp³-hybridized carbons (Fsp3) is 0.588. The lowest BCUT2D eigenvalue weighted by Gasteiger charge is -2.32. The van der Waals surface area contributed by atoms with Crippen LogP contribution in [0.4, 0.5) is 4.39 Å². The first-order valence-corrected chi connectivity index (χ1v) is 7.54. The van der Waals surface area contributed by atoms with Gasteiger partial charge in [0, 0.05) is 0 Å². The molecule has 3 nitrogen and oxygen atoms in total. The molecule has 1 saturated heterocycles. The summed E-state index contributed by atoms with van der Waals surface area (Å²) in [5.41, 5.74) is 0.358. The van der Waals surface area contributed by atoms with E-state index in [0.717, 1.165) is 31.5 Å². The van der Waals surface area contributed by atoms with Crippen molar-refractivity contribution in [2.45, 2.75) is 45.1 Å². The number of benzene rings is 1. The Bertz CT molecular complexity index is 488. The van der Waals surface area contributed by atoms with Crippen molar-refractivity contribution in [1.29, 1.82) is 0 Å². The maximum atomic E-state index is 13.8. The van der Waals surface area contributed by atoms with Crippen LogP contribution < -0.4 is 0 Å². The summed E-state index contributed by atoms with van der Waals surface area (Å²) in [4.78, 5) is 13.9. The van der Waals surface area contributed by atoms with Crippen LogP contribution in [0.2, 0.25) is 0 Å². The number of rotatable bonds is 3. The van der Waals surface area contributed by atoms with Crippen molar-refractivity contribution >= 4 is 5.97 Å². The highest BCUT2D eigenvalue weighted by Gasteiger charge is 2.25. The van der Waals surface area contributed by atoms with Crippen LogP contribution in [-0.2, 0) is 9.53 Å². The maximum Gasteiger partial charge on any atom is 0.320 e. The van der Waals surface area contributed by atoms with E-state index in [0.29, 0.717) is 6.54 Å². The number of halogens is 1. The second-order valence-electron chi connectivity index (χ2n) is 6.66. The van der Waals surface area contributed by atoms with Gasteiger partial charge in [0.25, 0.3) is 0 Å². The van der Waals surface area contributed by atoms with Crippen molar-refractivity contribution in [2.24, 2.45) is 0 Å². The Balaban J connectivity index is 1.84. The molecule has 0 bridgehead atoms. The van der Waals surface area contributed by atoms with Crippen LogP contribution in [0.15, 0.2) is 24.3 Å². The minimum Gasteiger partial charge on any atom is -0.459 e. The number of ether oxygens (including phenoxy) is 1. The molecule has 0 aliphatic carbocycles. The van der Waals surface area contributed by atoms with Gasteiger partial charge >= 0.3 is 5.97 Å². The van der Waals surface area contributed by atoms with Gasteiger partial charge in [-0.3, -0.25) is 9.69 Å². The number of carbonyl (C=O) groups excluding carboxylic acids is 1. The van der Waals surface area contributed by atoms with Crippen molar-refractivity contribution < 1.29 is 13.9 Å². The zero-order chi connectivity index (χ0) is 15.5. The molecule has 1 aromatic carbocycles. The van der Waals surface area contributed by atoms with E-state index in [2.05, 4.69) is 4.90 Å². The largest absolute Gasteiger partial charge is 0.459 e. The Hall–Kier alpha value is -1.42. The lowest BCUT2D eigenvalue weighted by Crippen LogP contribution is -2.39. The summed E-state index contributed by atoms with van der Waals surface area (Å²) in [5, 5.41) is 0.